The molecular weight excluding hydrogens is 224 g/mol. The number of carbonyl (C=O) groups excluding carboxylic acids is 3. The normalized spacial score (nSPS) is 12.1. The van der Waals surface area contributed by atoms with E-state index in [2.05, 4.69) is 0 Å². The molecule has 0 spiro atoms. The van der Waals surface area contributed by atoms with Crippen LogP contribution in [0, 0.1) is 11.8 Å². The molecule has 1 unspecified atom stereocenters. The first-order chi connectivity index (χ1) is 7.93. The van der Waals surface area contributed by atoms with Crippen molar-refractivity contribution in [3.63, 3.8) is 0 Å². The number of esters is 2. The fourth-order valence-electron chi connectivity index (χ4n) is 1.60. The number of rotatable bonds is 7. The maximum atomic E-state index is 11.6. The molecule has 0 radical (unpaired) electrons. The maximum Gasteiger partial charge on any atom is 0.320 e. The van der Waals surface area contributed by atoms with Crippen molar-refractivity contribution >= 4 is 17.7 Å². The molecule has 5 heteroatoms. The van der Waals surface area contributed by atoms with E-state index in [0.29, 0.717) is 0 Å². The third-order valence-electron chi connectivity index (χ3n) is 2.26. The van der Waals surface area contributed by atoms with Gasteiger partial charge in [-0.2, -0.15) is 0 Å². The summed E-state index contributed by atoms with van der Waals surface area (Å²) in [5.41, 5.74) is 0. The van der Waals surface area contributed by atoms with Gasteiger partial charge in [-0.15, -0.1) is 0 Å². The van der Waals surface area contributed by atoms with Gasteiger partial charge in [-0.25, -0.2) is 0 Å². The van der Waals surface area contributed by atoms with Crippen LogP contribution >= 0.6 is 0 Å². The minimum Gasteiger partial charge on any atom is -0.465 e. The van der Waals surface area contributed by atoms with Crippen LogP contribution in [0.4, 0.5) is 0 Å². The standard InChI is InChI=1S/C12H20O5/c1-5-16-11(14)10(12(15)17-6-2)8(3)7-9(4)13/h8,10H,5-7H2,1-4H3. The van der Waals surface area contributed by atoms with Gasteiger partial charge in [-0.1, -0.05) is 6.92 Å². The van der Waals surface area contributed by atoms with Crippen molar-refractivity contribution in [3.05, 3.63) is 0 Å². The molecule has 0 aromatic heterocycles. The summed E-state index contributed by atoms with van der Waals surface area (Å²) in [6, 6.07) is 0. The second-order valence-corrected chi connectivity index (χ2v) is 3.87. The highest BCUT2D eigenvalue weighted by Crippen LogP contribution is 2.19. The Balaban J connectivity index is 4.76. The maximum absolute atomic E-state index is 11.6. The van der Waals surface area contributed by atoms with E-state index in [1.165, 1.54) is 6.92 Å². The second kappa shape index (κ2) is 7.81. The van der Waals surface area contributed by atoms with E-state index in [1.54, 1.807) is 20.8 Å². The number of ether oxygens (including phenoxy) is 2. The van der Waals surface area contributed by atoms with Crippen LogP contribution in [0.1, 0.15) is 34.1 Å². The Morgan fingerprint density at radius 3 is 1.71 bits per heavy atom. The van der Waals surface area contributed by atoms with Gasteiger partial charge in [0.25, 0.3) is 0 Å². The van der Waals surface area contributed by atoms with Crippen LogP contribution in [0.5, 0.6) is 0 Å². The molecule has 0 heterocycles. The van der Waals surface area contributed by atoms with E-state index in [4.69, 9.17) is 9.47 Å². The summed E-state index contributed by atoms with van der Waals surface area (Å²) >= 11 is 0. The molecule has 0 aromatic rings. The predicted octanol–water partition coefficient (Wildman–Crippen LogP) is 1.34. The Labute approximate surface area is 101 Å². The molecule has 0 saturated heterocycles. The number of Topliss-reactive ketones (excluding diaryl/α,β-unsaturated/α-hetero) is 1. The minimum atomic E-state index is -1.02. The Morgan fingerprint density at radius 1 is 1.00 bits per heavy atom. The topological polar surface area (TPSA) is 69.7 Å². The molecule has 0 bridgehead atoms. The van der Waals surface area contributed by atoms with E-state index in [0.717, 1.165) is 0 Å². The van der Waals surface area contributed by atoms with Gasteiger partial charge in [0, 0.05) is 6.42 Å². The van der Waals surface area contributed by atoms with E-state index >= 15 is 0 Å². The average Bonchev–Trinajstić information content (AvgIpc) is 2.17. The lowest BCUT2D eigenvalue weighted by atomic mass is 9.90. The largest absolute Gasteiger partial charge is 0.465 e. The third kappa shape index (κ3) is 5.47. The summed E-state index contributed by atoms with van der Waals surface area (Å²) in [7, 11) is 0. The molecule has 17 heavy (non-hydrogen) atoms. The van der Waals surface area contributed by atoms with Gasteiger partial charge in [-0.3, -0.25) is 9.59 Å². The van der Waals surface area contributed by atoms with Gasteiger partial charge in [0.15, 0.2) is 5.92 Å². The molecule has 0 aromatic carbocycles. The van der Waals surface area contributed by atoms with Gasteiger partial charge in [0.05, 0.1) is 13.2 Å². The van der Waals surface area contributed by atoms with Crippen molar-refractivity contribution in [2.75, 3.05) is 13.2 Å². The van der Waals surface area contributed by atoms with Crippen LogP contribution in [-0.4, -0.2) is 30.9 Å². The molecule has 0 fully saturated rings. The lowest BCUT2D eigenvalue weighted by molar-refractivity contribution is -0.164. The molecule has 0 aliphatic heterocycles. The van der Waals surface area contributed by atoms with Gasteiger partial charge in [-0.05, 0) is 26.7 Å². The molecule has 0 amide bonds. The van der Waals surface area contributed by atoms with E-state index in [-0.39, 0.29) is 25.4 Å². The number of carbonyl (C=O) groups is 3. The van der Waals surface area contributed by atoms with Crippen LogP contribution in [0.3, 0.4) is 0 Å². The van der Waals surface area contributed by atoms with Gasteiger partial charge in [0.1, 0.15) is 5.78 Å². The molecule has 0 aliphatic rings. The first-order valence-corrected chi connectivity index (χ1v) is 5.76. The fraction of sp³-hybridized carbons (Fsp3) is 0.750. The molecule has 5 nitrogen and oxygen atoms in total. The summed E-state index contributed by atoms with van der Waals surface area (Å²) in [4.78, 5) is 34.3. The Bertz CT molecular complexity index is 267. The highest BCUT2D eigenvalue weighted by molar-refractivity contribution is 5.95. The number of hydrogen-bond acceptors (Lipinski definition) is 5. The predicted molar refractivity (Wildman–Crippen MR) is 61.2 cm³/mol. The zero-order chi connectivity index (χ0) is 13.4. The fourth-order valence-corrected chi connectivity index (χ4v) is 1.60. The van der Waals surface area contributed by atoms with Crippen LogP contribution < -0.4 is 0 Å². The lowest BCUT2D eigenvalue weighted by Gasteiger charge is -2.19. The van der Waals surface area contributed by atoms with Crippen molar-refractivity contribution in [1.29, 1.82) is 0 Å². The van der Waals surface area contributed by atoms with Crippen molar-refractivity contribution in [2.45, 2.75) is 34.1 Å². The monoisotopic (exact) mass is 244 g/mol. The second-order valence-electron chi connectivity index (χ2n) is 3.87. The van der Waals surface area contributed by atoms with Crippen molar-refractivity contribution in [2.24, 2.45) is 11.8 Å². The first-order valence-electron chi connectivity index (χ1n) is 5.76. The van der Waals surface area contributed by atoms with Crippen LogP contribution in [0.2, 0.25) is 0 Å². The van der Waals surface area contributed by atoms with Crippen LogP contribution in [-0.2, 0) is 23.9 Å². The highest BCUT2D eigenvalue weighted by atomic mass is 16.6. The number of hydrogen-bond donors (Lipinski definition) is 0. The van der Waals surface area contributed by atoms with Gasteiger partial charge < -0.3 is 14.3 Å². The lowest BCUT2D eigenvalue weighted by Crippen LogP contribution is -2.34. The van der Waals surface area contributed by atoms with Gasteiger partial charge in [0.2, 0.25) is 0 Å². The van der Waals surface area contributed by atoms with E-state index in [1.807, 2.05) is 0 Å². The van der Waals surface area contributed by atoms with Crippen molar-refractivity contribution < 1.29 is 23.9 Å². The minimum absolute atomic E-state index is 0.0731. The molecule has 0 saturated carbocycles. The molecule has 0 N–H and O–H groups in total. The summed E-state index contributed by atoms with van der Waals surface area (Å²) in [5, 5.41) is 0. The molecule has 98 valence electrons. The zero-order valence-electron chi connectivity index (χ0n) is 10.8. The van der Waals surface area contributed by atoms with E-state index < -0.39 is 23.8 Å². The summed E-state index contributed by atoms with van der Waals surface area (Å²) in [6.07, 6.45) is 0.155. The Kier molecular flexibility index (Phi) is 7.18. The van der Waals surface area contributed by atoms with Gasteiger partial charge >= 0.3 is 11.9 Å². The average molecular weight is 244 g/mol. The third-order valence-corrected chi connectivity index (χ3v) is 2.26. The highest BCUT2D eigenvalue weighted by Gasteiger charge is 2.35. The summed E-state index contributed by atoms with van der Waals surface area (Å²) in [6.45, 7) is 6.80. The van der Waals surface area contributed by atoms with Crippen LogP contribution in [0.25, 0.3) is 0 Å². The summed E-state index contributed by atoms with van der Waals surface area (Å²) < 4.78 is 9.65. The Morgan fingerprint density at radius 2 is 1.41 bits per heavy atom. The Hall–Kier alpha value is -1.39. The smallest absolute Gasteiger partial charge is 0.320 e. The number of ketones is 1. The zero-order valence-corrected chi connectivity index (χ0v) is 10.8. The van der Waals surface area contributed by atoms with Crippen molar-refractivity contribution in [1.82, 2.24) is 0 Å². The quantitative estimate of drug-likeness (QED) is 0.499. The molecule has 1 atom stereocenters. The van der Waals surface area contributed by atoms with Crippen molar-refractivity contribution in [3.8, 4) is 0 Å². The first kappa shape index (κ1) is 15.6. The van der Waals surface area contributed by atoms with E-state index in [9.17, 15) is 14.4 Å². The SMILES string of the molecule is CCOC(=O)C(C(=O)OCC)C(C)CC(C)=O. The summed E-state index contributed by atoms with van der Waals surface area (Å²) in [5.74, 6) is -2.75. The molecular formula is C12H20O5. The molecule has 0 rings (SSSR count). The van der Waals surface area contributed by atoms with Crippen LogP contribution in [0.15, 0.2) is 0 Å². The molecule has 0 aliphatic carbocycles.